The van der Waals surface area contributed by atoms with Crippen molar-refractivity contribution >= 4 is 33.1 Å². The van der Waals surface area contributed by atoms with Gasteiger partial charge < -0.3 is 15.0 Å². The third-order valence-electron chi connectivity index (χ3n) is 5.15. The van der Waals surface area contributed by atoms with E-state index >= 15 is 0 Å². The molecule has 7 nitrogen and oxygen atoms in total. The van der Waals surface area contributed by atoms with Gasteiger partial charge in [-0.2, -0.15) is 4.31 Å². The summed E-state index contributed by atoms with van der Waals surface area (Å²) in [4.78, 5) is 6.59. The van der Waals surface area contributed by atoms with Gasteiger partial charge in [0, 0.05) is 44.1 Å². The number of nitrogens with one attached hydrogen (secondary N) is 1. The number of aromatic nitrogens is 1. The van der Waals surface area contributed by atoms with Gasteiger partial charge in [-0.25, -0.2) is 17.8 Å². The first-order valence-corrected chi connectivity index (χ1v) is 11.3. The fraction of sp³-hybridized carbons (Fsp3) is 0.421. The van der Waals surface area contributed by atoms with E-state index in [0.29, 0.717) is 32.1 Å². The summed E-state index contributed by atoms with van der Waals surface area (Å²) >= 11 is 5.88. The molecule has 0 amide bonds. The van der Waals surface area contributed by atoms with Gasteiger partial charge in [-0.3, -0.25) is 0 Å². The van der Waals surface area contributed by atoms with E-state index in [9.17, 15) is 12.8 Å². The van der Waals surface area contributed by atoms with Crippen LogP contribution in [0.1, 0.15) is 6.42 Å². The molecule has 10 heteroatoms. The van der Waals surface area contributed by atoms with Crippen LogP contribution in [0.4, 0.5) is 15.9 Å². The molecule has 0 saturated carbocycles. The molecule has 1 aromatic heterocycles. The zero-order valence-corrected chi connectivity index (χ0v) is 17.3. The summed E-state index contributed by atoms with van der Waals surface area (Å²) in [6, 6.07) is 8.12. The Hall–Kier alpha value is -1.94. The van der Waals surface area contributed by atoms with Crippen LogP contribution in [0.3, 0.4) is 0 Å². The SMILES string of the molecule is O=S(=O)(c1ccc(NC2CCN(c3ccc(F)c(Cl)c3)C2)nc1)N1CCOCC1. The third kappa shape index (κ3) is 4.48. The number of rotatable bonds is 5. The summed E-state index contributed by atoms with van der Waals surface area (Å²) in [5, 5.41) is 3.45. The Bertz CT molecular complexity index is 968. The second-order valence-corrected chi connectivity index (χ2v) is 9.42. The first-order chi connectivity index (χ1) is 13.9. The molecule has 3 heterocycles. The average Bonchev–Trinajstić information content (AvgIpc) is 3.19. The zero-order chi connectivity index (χ0) is 20.4. The number of nitrogens with zero attached hydrogens (tertiary/aromatic N) is 3. The quantitative estimate of drug-likeness (QED) is 0.770. The van der Waals surface area contributed by atoms with E-state index in [1.807, 2.05) is 0 Å². The molecule has 0 spiro atoms. The molecule has 2 saturated heterocycles. The third-order valence-corrected chi connectivity index (χ3v) is 7.32. The molecule has 2 fully saturated rings. The minimum atomic E-state index is -3.55. The largest absolute Gasteiger partial charge is 0.379 e. The Kier molecular flexibility index (Phi) is 5.91. The molecule has 1 N–H and O–H groups in total. The van der Waals surface area contributed by atoms with Crippen LogP contribution in [0, 0.1) is 5.82 Å². The fourth-order valence-corrected chi connectivity index (χ4v) is 5.09. The molecule has 2 aliphatic rings. The lowest BCUT2D eigenvalue weighted by molar-refractivity contribution is 0.0730. The molecule has 0 bridgehead atoms. The number of pyridine rings is 1. The predicted octanol–water partition coefficient (Wildman–Crippen LogP) is 2.59. The standard InChI is InChI=1S/C19H22ClFN4O3S/c20-17-11-15(1-3-18(17)21)24-6-5-14(13-24)23-19-4-2-16(12-22-19)29(26,27)25-7-9-28-10-8-25/h1-4,11-12,14H,5-10,13H2,(H,22,23). The lowest BCUT2D eigenvalue weighted by Gasteiger charge is -2.26. The van der Waals surface area contributed by atoms with Gasteiger partial charge in [-0.15, -0.1) is 0 Å². The van der Waals surface area contributed by atoms with E-state index < -0.39 is 15.8 Å². The van der Waals surface area contributed by atoms with Gasteiger partial charge in [0.25, 0.3) is 0 Å². The van der Waals surface area contributed by atoms with Crippen LogP contribution in [0.25, 0.3) is 0 Å². The van der Waals surface area contributed by atoms with E-state index in [-0.39, 0.29) is 16.0 Å². The molecular weight excluding hydrogens is 419 g/mol. The van der Waals surface area contributed by atoms with Crippen LogP contribution >= 0.6 is 11.6 Å². The summed E-state index contributed by atoms with van der Waals surface area (Å²) in [5.41, 5.74) is 0.876. The lowest BCUT2D eigenvalue weighted by Crippen LogP contribution is -2.40. The van der Waals surface area contributed by atoms with Crippen molar-refractivity contribution in [1.82, 2.24) is 9.29 Å². The second-order valence-electron chi connectivity index (χ2n) is 7.07. The molecule has 0 aliphatic carbocycles. The Balaban J connectivity index is 1.38. The monoisotopic (exact) mass is 440 g/mol. The molecule has 4 rings (SSSR count). The molecule has 1 aromatic carbocycles. The van der Waals surface area contributed by atoms with Crippen LogP contribution in [0.5, 0.6) is 0 Å². The van der Waals surface area contributed by atoms with Crippen molar-refractivity contribution in [2.45, 2.75) is 17.4 Å². The van der Waals surface area contributed by atoms with Gasteiger partial charge >= 0.3 is 0 Å². The van der Waals surface area contributed by atoms with Gasteiger partial charge in [0.1, 0.15) is 16.5 Å². The van der Waals surface area contributed by atoms with Crippen molar-refractivity contribution in [3.05, 3.63) is 47.4 Å². The molecular formula is C19H22ClFN4O3S. The molecule has 2 aliphatic heterocycles. The van der Waals surface area contributed by atoms with Gasteiger partial charge in [0.05, 0.1) is 18.2 Å². The highest BCUT2D eigenvalue weighted by Gasteiger charge is 2.27. The lowest BCUT2D eigenvalue weighted by atomic mass is 10.2. The van der Waals surface area contributed by atoms with Crippen molar-refractivity contribution in [3.63, 3.8) is 0 Å². The summed E-state index contributed by atoms with van der Waals surface area (Å²) in [7, 11) is -3.55. The fourth-order valence-electron chi connectivity index (χ4n) is 3.56. The van der Waals surface area contributed by atoms with Crippen LogP contribution in [0.2, 0.25) is 5.02 Å². The van der Waals surface area contributed by atoms with Crippen LogP contribution < -0.4 is 10.2 Å². The molecule has 1 unspecified atom stereocenters. The summed E-state index contributed by atoms with van der Waals surface area (Å²) in [5.74, 6) is 0.190. The van der Waals surface area contributed by atoms with Gasteiger partial charge in [-0.1, -0.05) is 11.6 Å². The maximum atomic E-state index is 13.4. The van der Waals surface area contributed by atoms with E-state index in [4.69, 9.17) is 16.3 Å². The summed E-state index contributed by atoms with van der Waals surface area (Å²) in [6.45, 7) is 3.05. The minimum absolute atomic E-state index is 0.109. The van der Waals surface area contributed by atoms with Crippen LogP contribution in [-0.4, -0.2) is 63.1 Å². The number of hydrogen-bond acceptors (Lipinski definition) is 6. The number of benzene rings is 1. The number of ether oxygens (including phenoxy) is 1. The van der Waals surface area contributed by atoms with Gasteiger partial charge in [0.15, 0.2) is 0 Å². The van der Waals surface area contributed by atoms with E-state index in [2.05, 4.69) is 15.2 Å². The topological polar surface area (TPSA) is 74.8 Å². The zero-order valence-electron chi connectivity index (χ0n) is 15.7. The van der Waals surface area contributed by atoms with Crippen LogP contribution in [-0.2, 0) is 14.8 Å². The van der Waals surface area contributed by atoms with Crippen LogP contribution in [0.15, 0.2) is 41.4 Å². The Morgan fingerprint density at radius 3 is 2.66 bits per heavy atom. The molecule has 156 valence electrons. The normalized spacial score (nSPS) is 20.8. The van der Waals surface area contributed by atoms with E-state index in [0.717, 1.165) is 25.2 Å². The van der Waals surface area contributed by atoms with E-state index in [1.165, 1.54) is 16.6 Å². The molecule has 0 radical (unpaired) electrons. The van der Waals surface area contributed by atoms with Crippen molar-refractivity contribution in [2.24, 2.45) is 0 Å². The second kappa shape index (κ2) is 8.43. The number of sulfonamides is 1. The Labute approximate surface area is 174 Å². The van der Waals surface area contributed by atoms with Crippen molar-refractivity contribution in [2.75, 3.05) is 49.6 Å². The van der Waals surface area contributed by atoms with Crippen molar-refractivity contribution in [3.8, 4) is 0 Å². The highest BCUT2D eigenvalue weighted by atomic mass is 35.5. The number of halogens is 2. The number of anilines is 2. The van der Waals surface area contributed by atoms with Gasteiger partial charge in [-0.05, 0) is 36.8 Å². The minimum Gasteiger partial charge on any atom is -0.379 e. The predicted molar refractivity (Wildman–Crippen MR) is 109 cm³/mol. The number of hydrogen-bond donors (Lipinski definition) is 1. The summed E-state index contributed by atoms with van der Waals surface area (Å²) < 4.78 is 45.3. The molecule has 2 aromatic rings. The Morgan fingerprint density at radius 2 is 1.97 bits per heavy atom. The van der Waals surface area contributed by atoms with Gasteiger partial charge in [0.2, 0.25) is 10.0 Å². The highest BCUT2D eigenvalue weighted by Crippen LogP contribution is 2.26. The maximum absolute atomic E-state index is 13.4. The Morgan fingerprint density at radius 1 is 1.17 bits per heavy atom. The molecule has 29 heavy (non-hydrogen) atoms. The number of morpholine rings is 1. The average molecular weight is 441 g/mol. The van der Waals surface area contributed by atoms with E-state index in [1.54, 1.807) is 24.3 Å². The highest BCUT2D eigenvalue weighted by molar-refractivity contribution is 7.89. The first-order valence-electron chi connectivity index (χ1n) is 9.44. The first kappa shape index (κ1) is 20.3. The maximum Gasteiger partial charge on any atom is 0.244 e. The van der Waals surface area contributed by atoms with Crippen molar-refractivity contribution < 1.29 is 17.5 Å². The molecule has 1 atom stereocenters. The smallest absolute Gasteiger partial charge is 0.244 e. The van der Waals surface area contributed by atoms with Crippen molar-refractivity contribution in [1.29, 1.82) is 0 Å². The summed E-state index contributed by atoms with van der Waals surface area (Å²) in [6.07, 6.45) is 2.27.